The highest BCUT2D eigenvalue weighted by molar-refractivity contribution is 7.80. The predicted octanol–water partition coefficient (Wildman–Crippen LogP) is 2.48. The molecule has 1 aromatic carbocycles. The minimum absolute atomic E-state index is 0.0236. The van der Waals surface area contributed by atoms with Crippen LogP contribution in [0, 0.1) is 10.1 Å². The smallest absolute Gasteiger partial charge is 0.276 e. The molecule has 8 nitrogen and oxygen atoms in total. The number of nitro groups is 1. The van der Waals surface area contributed by atoms with E-state index in [1.165, 1.54) is 17.0 Å². The lowest BCUT2D eigenvalue weighted by Gasteiger charge is -2.13. The molecule has 1 aliphatic rings. The van der Waals surface area contributed by atoms with Crippen LogP contribution in [-0.2, 0) is 9.53 Å². The van der Waals surface area contributed by atoms with Crippen molar-refractivity contribution < 1.29 is 14.5 Å². The zero-order chi connectivity index (χ0) is 19.4. The average molecular weight is 386 g/mol. The number of nitro benzene ring substituents is 1. The molecule has 9 heteroatoms. The number of methoxy groups -OCH3 is 1. The standard InChI is InChI=1S/C18H18N4O4S/c1-26-11-3-10-21-17(23)16(19-18(21)27)12-15-4-2-9-20(15)13-5-7-14(8-6-13)22(24)25/h2,4-9,12H,3,10-11H2,1H3,(H,19,27)/b16-12+. The lowest BCUT2D eigenvalue weighted by atomic mass is 10.2. The second-order valence-corrected chi connectivity index (χ2v) is 6.25. The Labute approximate surface area is 161 Å². The van der Waals surface area contributed by atoms with E-state index in [2.05, 4.69) is 5.32 Å². The summed E-state index contributed by atoms with van der Waals surface area (Å²) in [5.41, 5.74) is 1.92. The molecule has 1 amide bonds. The fourth-order valence-corrected chi connectivity index (χ4v) is 3.06. The first kappa shape index (κ1) is 18.7. The number of non-ortho nitro benzene ring substituents is 1. The zero-order valence-electron chi connectivity index (χ0n) is 14.6. The number of carbonyl (C=O) groups excluding carboxylic acids is 1. The molecule has 0 radical (unpaired) electrons. The molecular formula is C18H18N4O4S. The van der Waals surface area contributed by atoms with Crippen molar-refractivity contribution in [1.82, 2.24) is 14.8 Å². The Balaban J connectivity index is 1.82. The minimum atomic E-state index is -0.442. The Hall–Kier alpha value is -3.04. The third-order valence-corrected chi connectivity index (χ3v) is 4.43. The second-order valence-electron chi connectivity index (χ2n) is 5.87. The van der Waals surface area contributed by atoms with Gasteiger partial charge in [0.25, 0.3) is 11.6 Å². The molecule has 27 heavy (non-hydrogen) atoms. The maximum Gasteiger partial charge on any atom is 0.276 e. The first-order valence-electron chi connectivity index (χ1n) is 8.27. The lowest BCUT2D eigenvalue weighted by Crippen LogP contribution is -2.32. The number of amides is 1. The van der Waals surface area contributed by atoms with Crippen LogP contribution in [0.15, 0.2) is 48.3 Å². The summed E-state index contributed by atoms with van der Waals surface area (Å²) in [6.07, 6.45) is 4.23. The summed E-state index contributed by atoms with van der Waals surface area (Å²) in [4.78, 5) is 24.5. The molecule has 3 rings (SSSR count). The summed E-state index contributed by atoms with van der Waals surface area (Å²) in [6.45, 7) is 1.04. The molecule has 0 unspecified atom stereocenters. The van der Waals surface area contributed by atoms with Gasteiger partial charge < -0.3 is 14.6 Å². The highest BCUT2D eigenvalue weighted by Crippen LogP contribution is 2.20. The van der Waals surface area contributed by atoms with Crippen LogP contribution in [0.3, 0.4) is 0 Å². The highest BCUT2D eigenvalue weighted by Gasteiger charge is 2.30. The normalized spacial score (nSPS) is 15.4. The van der Waals surface area contributed by atoms with Crippen LogP contribution in [0.1, 0.15) is 12.1 Å². The Morgan fingerprint density at radius 3 is 2.70 bits per heavy atom. The van der Waals surface area contributed by atoms with Gasteiger partial charge in [-0.3, -0.25) is 19.8 Å². The van der Waals surface area contributed by atoms with E-state index in [-0.39, 0.29) is 11.6 Å². The summed E-state index contributed by atoms with van der Waals surface area (Å²) in [5.74, 6) is -0.187. The van der Waals surface area contributed by atoms with Gasteiger partial charge in [0.15, 0.2) is 5.11 Å². The molecule has 2 heterocycles. The van der Waals surface area contributed by atoms with Gasteiger partial charge in [-0.15, -0.1) is 0 Å². The van der Waals surface area contributed by atoms with Crippen LogP contribution in [-0.4, -0.2) is 45.7 Å². The number of thiocarbonyl (C=S) groups is 1. The first-order valence-corrected chi connectivity index (χ1v) is 8.68. The Kier molecular flexibility index (Phi) is 5.63. The van der Waals surface area contributed by atoms with E-state index in [0.717, 1.165) is 11.4 Å². The predicted molar refractivity (Wildman–Crippen MR) is 104 cm³/mol. The van der Waals surface area contributed by atoms with Gasteiger partial charge in [0.05, 0.1) is 4.92 Å². The van der Waals surface area contributed by atoms with E-state index in [9.17, 15) is 14.9 Å². The summed E-state index contributed by atoms with van der Waals surface area (Å²) in [5, 5.41) is 14.1. The van der Waals surface area contributed by atoms with E-state index in [0.29, 0.717) is 30.4 Å². The second kappa shape index (κ2) is 8.11. The molecular weight excluding hydrogens is 368 g/mol. The van der Waals surface area contributed by atoms with E-state index < -0.39 is 4.92 Å². The van der Waals surface area contributed by atoms with Crippen molar-refractivity contribution in [1.29, 1.82) is 0 Å². The number of hydrogen-bond donors (Lipinski definition) is 1. The van der Waals surface area contributed by atoms with E-state index in [4.69, 9.17) is 17.0 Å². The van der Waals surface area contributed by atoms with Gasteiger partial charge in [0.2, 0.25) is 0 Å². The average Bonchev–Trinajstić information content (AvgIpc) is 3.22. The summed E-state index contributed by atoms with van der Waals surface area (Å²) in [6, 6.07) is 9.88. The van der Waals surface area contributed by atoms with Crippen molar-refractivity contribution in [2.75, 3.05) is 20.3 Å². The summed E-state index contributed by atoms with van der Waals surface area (Å²) < 4.78 is 6.85. The Morgan fingerprint density at radius 2 is 2.04 bits per heavy atom. The number of carbonyl (C=O) groups is 1. The molecule has 0 saturated carbocycles. The highest BCUT2D eigenvalue weighted by atomic mass is 32.1. The number of nitrogens with zero attached hydrogens (tertiary/aromatic N) is 3. The zero-order valence-corrected chi connectivity index (χ0v) is 15.4. The Bertz CT molecular complexity index is 904. The van der Waals surface area contributed by atoms with Crippen LogP contribution in [0.25, 0.3) is 11.8 Å². The molecule has 0 aliphatic carbocycles. The third-order valence-electron chi connectivity index (χ3n) is 4.10. The number of hydrogen-bond acceptors (Lipinski definition) is 5. The molecule has 1 aromatic heterocycles. The van der Waals surface area contributed by atoms with Gasteiger partial charge in [-0.2, -0.15) is 0 Å². The number of aromatic nitrogens is 1. The molecule has 1 aliphatic heterocycles. The van der Waals surface area contributed by atoms with Gasteiger partial charge in [0.1, 0.15) is 5.70 Å². The molecule has 140 valence electrons. The molecule has 2 aromatic rings. The van der Waals surface area contributed by atoms with Gasteiger partial charge in [-0.1, -0.05) is 0 Å². The molecule has 1 N–H and O–H groups in total. The maximum absolute atomic E-state index is 12.6. The molecule has 0 atom stereocenters. The van der Waals surface area contributed by atoms with Crippen molar-refractivity contribution in [3.05, 3.63) is 64.1 Å². The Morgan fingerprint density at radius 1 is 1.30 bits per heavy atom. The fraction of sp³-hybridized carbons (Fsp3) is 0.222. The fourth-order valence-electron chi connectivity index (χ4n) is 2.77. The monoisotopic (exact) mass is 386 g/mol. The van der Waals surface area contributed by atoms with E-state index in [1.807, 2.05) is 22.9 Å². The van der Waals surface area contributed by atoms with Crippen molar-refractivity contribution in [2.24, 2.45) is 0 Å². The van der Waals surface area contributed by atoms with Crippen LogP contribution in [0.2, 0.25) is 0 Å². The number of nitrogens with one attached hydrogen (secondary N) is 1. The summed E-state index contributed by atoms with van der Waals surface area (Å²) >= 11 is 5.25. The van der Waals surface area contributed by atoms with Crippen LogP contribution < -0.4 is 5.32 Å². The quantitative estimate of drug-likeness (QED) is 0.259. The molecule has 1 fully saturated rings. The van der Waals surface area contributed by atoms with Gasteiger partial charge >= 0.3 is 0 Å². The third kappa shape index (κ3) is 4.04. The number of ether oxygens (including phenoxy) is 1. The minimum Gasteiger partial charge on any atom is -0.385 e. The topological polar surface area (TPSA) is 89.6 Å². The largest absolute Gasteiger partial charge is 0.385 e. The summed E-state index contributed by atoms with van der Waals surface area (Å²) in [7, 11) is 1.61. The van der Waals surface area contributed by atoms with Crippen molar-refractivity contribution >= 4 is 35.0 Å². The number of rotatable bonds is 7. The van der Waals surface area contributed by atoms with Gasteiger partial charge in [-0.25, -0.2) is 0 Å². The van der Waals surface area contributed by atoms with Crippen molar-refractivity contribution in [3.8, 4) is 5.69 Å². The maximum atomic E-state index is 12.6. The lowest BCUT2D eigenvalue weighted by molar-refractivity contribution is -0.384. The van der Waals surface area contributed by atoms with Gasteiger partial charge in [0, 0.05) is 50.0 Å². The molecule has 1 saturated heterocycles. The van der Waals surface area contributed by atoms with E-state index >= 15 is 0 Å². The SMILES string of the molecule is COCCCN1C(=O)/C(=C\c2cccn2-c2ccc([N+](=O)[O-])cc2)NC1=S. The molecule has 0 bridgehead atoms. The van der Waals surface area contributed by atoms with Crippen LogP contribution >= 0.6 is 12.2 Å². The van der Waals surface area contributed by atoms with Crippen LogP contribution in [0.5, 0.6) is 0 Å². The van der Waals surface area contributed by atoms with Crippen LogP contribution in [0.4, 0.5) is 5.69 Å². The molecule has 0 spiro atoms. The van der Waals surface area contributed by atoms with E-state index in [1.54, 1.807) is 25.3 Å². The number of benzene rings is 1. The van der Waals surface area contributed by atoms with Gasteiger partial charge in [-0.05, 0) is 49.0 Å². The first-order chi connectivity index (χ1) is 13.0. The van der Waals surface area contributed by atoms with Crippen molar-refractivity contribution in [2.45, 2.75) is 6.42 Å². The van der Waals surface area contributed by atoms with Crippen molar-refractivity contribution in [3.63, 3.8) is 0 Å².